The maximum atomic E-state index is 11.5. The number of rotatable bonds is 7. The van der Waals surface area contributed by atoms with E-state index in [9.17, 15) is 19.2 Å². The summed E-state index contributed by atoms with van der Waals surface area (Å²) in [4.78, 5) is 47.3. The van der Waals surface area contributed by atoms with Gasteiger partial charge in [0.05, 0.1) is 0 Å². The lowest BCUT2D eigenvalue weighted by Crippen LogP contribution is -2.37. The van der Waals surface area contributed by atoms with Crippen LogP contribution in [0.4, 0.5) is 0 Å². The molecular weight excluding hydrogens is 278 g/mol. The summed E-state index contributed by atoms with van der Waals surface area (Å²) in [5.41, 5.74) is -1.25. The summed E-state index contributed by atoms with van der Waals surface area (Å²) in [5.74, 6) is -1.12. The lowest BCUT2D eigenvalue weighted by molar-refractivity contribution is -0.149. The first-order chi connectivity index (χ1) is 9.96. The molecule has 0 saturated carbocycles. The van der Waals surface area contributed by atoms with Crippen molar-refractivity contribution in [3.8, 4) is 0 Å². The monoisotopic (exact) mass is 297 g/mol. The van der Waals surface area contributed by atoms with Crippen molar-refractivity contribution in [2.45, 2.75) is 39.3 Å². The molecule has 1 aromatic heterocycles. The second kappa shape index (κ2) is 8.03. The molecular formula is C13H19N3O5. The van der Waals surface area contributed by atoms with Gasteiger partial charge in [-0.3, -0.25) is 23.9 Å². The molecule has 8 nitrogen and oxygen atoms in total. The standard InChI is InChI=1S/C13H19N3O5/c1-3-9(4-2)14-11(18)8-21-12(19)7-16-6-5-10(17)15-13(16)20/h5-6,9H,3-4,7-8H2,1-2H3,(H,14,18)(H,15,17,20). The summed E-state index contributed by atoms with van der Waals surface area (Å²) in [6.45, 7) is 3.13. The second-order valence-corrected chi connectivity index (χ2v) is 4.48. The molecule has 0 aliphatic rings. The van der Waals surface area contributed by atoms with Crippen LogP contribution in [0.2, 0.25) is 0 Å². The minimum Gasteiger partial charge on any atom is -0.454 e. The number of aromatic amines is 1. The summed E-state index contributed by atoms with van der Waals surface area (Å²) in [7, 11) is 0. The summed E-state index contributed by atoms with van der Waals surface area (Å²) in [5, 5.41) is 2.72. The van der Waals surface area contributed by atoms with Crippen molar-refractivity contribution in [1.29, 1.82) is 0 Å². The molecule has 1 amide bonds. The second-order valence-electron chi connectivity index (χ2n) is 4.48. The molecule has 116 valence electrons. The van der Waals surface area contributed by atoms with Crippen LogP contribution in [0.25, 0.3) is 0 Å². The number of nitrogens with one attached hydrogen (secondary N) is 2. The summed E-state index contributed by atoms with van der Waals surface area (Å²) in [6, 6.07) is 1.17. The molecule has 0 aromatic carbocycles. The SMILES string of the molecule is CCC(CC)NC(=O)COC(=O)Cn1ccc(=O)[nH]c1=O. The fourth-order valence-corrected chi connectivity index (χ4v) is 1.66. The van der Waals surface area contributed by atoms with Crippen LogP contribution < -0.4 is 16.6 Å². The zero-order chi connectivity index (χ0) is 15.8. The van der Waals surface area contributed by atoms with Crippen LogP contribution in [0.3, 0.4) is 0 Å². The number of esters is 1. The molecule has 1 heterocycles. The van der Waals surface area contributed by atoms with E-state index in [1.54, 1.807) is 0 Å². The quantitative estimate of drug-likeness (QED) is 0.652. The van der Waals surface area contributed by atoms with Crippen LogP contribution in [0.15, 0.2) is 21.9 Å². The summed E-state index contributed by atoms with van der Waals surface area (Å²) >= 11 is 0. The summed E-state index contributed by atoms with van der Waals surface area (Å²) < 4.78 is 5.77. The molecule has 0 atom stereocenters. The molecule has 0 aliphatic heterocycles. The Labute approximate surface area is 121 Å². The number of nitrogens with zero attached hydrogens (tertiary/aromatic N) is 1. The molecule has 1 rings (SSSR count). The van der Waals surface area contributed by atoms with Crippen molar-refractivity contribution in [1.82, 2.24) is 14.9 Å². The van der Waals surface area contributed by atoms with Gasteiger partial charge in [-0.25, -0.2) is 4.79 Å². The number of H-pyrrole nitrogens is 1. The molecule has 0 fully saturated rings. The van der Waals surface area contributed by atoms with Gasteiger partial charge in [0.15, 0.2) is 6.61 Å². The lowest BCUT2D eigenvalue weighted by atomic mass is 10.2. The van der Waals surface area contributed by atoms with Crippen LogP contribution in [-0.4, -0.2) is 34.1 Å². The molecule has 0 saturated heterocycles. The zero-order valence-corrected chi connectivity index (χ0v) is 12.0. The largest absolute Gasteiger partial charge is 0.454 e. The number of aromatic nitrogens is 2. The highest BCUT2D eigenvalue weighted by atomic mass is 16.5. The number of carbonyl (C=O) groups excluding carboxylic acids is 2. The highest BCUT2D eigenvalue weighted by molar-refractivity contribution is 5.80. The topological polar surface area (TPSA) is 110 Å². The fourth-order valence-electron chi connectivity index (χ4n) is 1.66. The van der Waals surface area contributed by atoms with E-state index < -0.39 is 23.8 Å². The van der Waals surface area contributed by atoms with E-state index in [-0.39, 0.29) is 18.5 Å². The number of hydrogen-bond donors (Lipinski definition) is 2. The van der Waals surface area contributed by atoms with Gasteiger partial charge in [-0.05, 0) is 12.8 Å². The fraction of sp³-hybridized carbons (Fsp3) is 0.538. The Balaban J connectivity index is 2.45. The van der Waals surface area contributed by atoms with Crippen LogP contribution >= 0.6 is 0 Å². The van der Waals surface area contributed by atoms with Gasteiger partial charge in [-0.1, -0.05) is 13.8 Å². The predicted molar refractivity (Wildman–Crippen MR) is 74.8 cm³/mol. The van der Waals surface area contributed by atoms with E-state index in [1.807, 2.05) is 18.8 Å². The molecule has 2 N–H and O–H groups in total. The van der Waals surface area contributed by atoms with Crippen LogP contribution in [0, 0.1) is 0 Å². The van der Waals surface area contributed by atoms with Gasteiger partial charge in [-0.15, -0.1) is 0 Å². The maximum absolute atomic E-state index is 11.5. The Kier molecular flexibility index (Phi) is 6.38. The Morgan fingerprint density at radius 3 is 2.57 bits per heavy atom. The predicted octanol–water partition coefficient (Wildman–Crippen LogP) is -0.615. The number of ether oxygens (including phenoxy) is 1. The third kappa shape index (κ3) is 5.64. The van der Waals surface area contributed by atoms with Gasteiger partial charge in [0, 0.05) is 18.3 Å². The van der Waals surface area contributed by atoms with Crippen molar-refractivity contribution in [2.24, 2.45) is 0 Å². The Bertz CT molecular complexity index is 600. The normalized spacial score (nSPS) is 10.4. The van der Waals surface area contributed by atoms with Crippen molar-refractivity contribution in [2.75, 3.05) is 6.61 Å². The third-order valence-corrected chi connectivity index (χ3v) is 2.91. The van der Waals surface area contributed by atoms with Gasteiger partial charge in [0.2, 0.25) is 0 Å². The first-order valence-electron chi connectivity index (χ1n) is 6.71. The van der Waals surface area contributed by atoms with Crippen molar-refractivity contribution in [3.05, 3.63) is 33.1 Å². The number of carbonyl (C=O) groups is 2. The highest BCUT2D eigenvalue weighted by Crippen LogP contribution is 1.95. The van der Waals surface area contributed by atoms with Crippen LogP contribution in [-0.2, 0) is 20.9 Å². The molecule has 0 bridgehead atoms. The van der Waals surface area contributed by atoms with Gasteiger partial charge in [0.1, 0.15) is 6.54 Å². The number of hydrogen-bond acceptors (Lipinski definition) is 5. The molecule has 0 radical (unpaired) electrons. The van der Waals surface area contributed by atoms with Crippen molar-refractivity contribution in [3.63, 3.8) is 0 Å². The van der Waals surface area contributed by atoms with E-state index >= 15 is 0 Å². The van der Waals surface area contributed by atoms with E-state index in [2.05, 4.69) is 5.32 Å². The smallest absolute Gasteiger partial charge is 0.328 e. The molecule has 0 aliphatic carbocycles. The van der Waals surface area contributed by atoms with E-state index in [1.165, 1.54) is 6.20 Å². The van der Waals surface area contributed by atoms with Crippen molar-refractivity contribution < 1.29 is 14.3 Å². The van der Waals surface area contributed by atoms with E-state index in [4.69, 9.17) is 4.74 Å². The minimum atomic E-state index is -0.733. The highest BCUT2D eigenvalue weighted by Gasteiger charge is 2.12. The van der Waals surface area contributed by atoms with Gasteiger partial charge in [-0.2, -0.15) is 0 Å². The van der Waals surface area contributed by atoms with Crippen LogP contribution in [0.1, 0.15) is 26.7 Å². The molecule has 8 heteroatoms. The zero-order valence-electron chi connectivity index (χ0n) is 12.0. The number of amides is 1. The van der Waals surface area contributed by atoms with Gasteiger partial charge in [0.25, 0.3) is 11.5 Å². The molecule has 0 spiro atoms. The maximum Gasteiger partial charge on any atom is 0.328 e. The molecule has 0 unspecified atom stereocenters. The molecule has 21 heavy (non-hydrogen) atoms. The van der Waals surface area contributed by atoms with Gasteiger partial charge < -0.3 is 10.1 Å². The van der Waals surface area contributed by atoms with Crippen molar-refractivity contribution >= 4 is 11.9 Å². The average molecular weight is 297 g/mol. The lowest BCUT2D eigenvalue weighted by Gasteiger charge is -2.14. The van der Waals surface area contributed by atoms with Gasteiger partial charge >= 0.3 is 11.7 Å². The van der Waals surface area contributed by atoms with Crippen LogP contribution in [0.5, 0.6) is 0 Å². The first kappa shape index (κ1) is 16.7. The first-order valence-corrected chi connectivity index (χ1v) is 6.71. The Morgan fingerprint density at radius 2 is 2.00 bits per heavy atom. The minimum absolute atomic E-state index is 0.0537. The summed E-state index contributed by atoms with van der Waals surface area (Å²) in [6.07, 6.45) is 2.78. The van der Waals surface area contributed by atoms with E-state index in [0.717, 1.165) is 23.5 Å². The molecule has 1 aromatic rings. The third-order valence-electron chi connectivity index (χ3n) is 2.91. The Hall–Kier alpha value is -2.38. The van der Waals surface area contributed by atoms with E-state index in [0.29, 0.717) is 0 Å². The average Bonchev–Trinajstić information content (AvgIpc) is 2.45. The Morgan fingerprint density at radius 1 is 1.33 bits per heavy atom.